The van der Waals surface area contributed by atoms with Gasteiger partial charge in [0.15, 0.2) is 0 Å². The molecule has 16 heavy (non-hydrogen) atoms. The highest BCUT2D eigenvalue weighted by Gasteiger charge is 2.20. The van der Waals surface area contributed by atoms with Crippen LogP contribution in [0.2, 0.25) is 0 Å². The molecule has 0 spiro atoms. The fraction of sp³-hybridized carbons (Fsp3) is 0.417. The summed E-state index contributed by atoms with van der Waals surface area (Å²) < 4.78 is 5.08. The van der Waals surface area contributed by atoms with Crippen molar-refractivity contribution in [1.82, 2.24) is 5.32 Å². The molecular formula is C12H15NO2S. The lowest BCUT2D eigenvalue weighted by Crippen LogP contribution is -2.29. The van der Waals surface area contributed by atoms with Crippen molar-refractivity contribution in [2.45, 2.75) is 13.3 Å². The van der Waals surface area contributed by atoms with Gasteiger partial charge in [-0.25, -0.2) is 4.79 Å². The first-order chi connectivity index (χ1) is 7.83. The standard InChI is InChI=1S/C12H15NO2S/c1-2-15-12(14)11-7-13-5-3-10(11)9-4-6-16-8-9/h4,6,8,13H,2-3,5,7H2,1H3. The number of hydrogen-bond donors (Lipinski definition) is 1. The summed E-state index contributed by atoms with van der Waals surface area (Å²) in [7, 11) is 0. The Kier molecular flexibility index (Phi) is 3.74. The van der Waals surface area contributed by atoms with Gasteiger partial charge in [-0.15, -0.1) is 0 Å². The predicted molar refractivity (Wildman–Crippen MR) is 65.4 cm³/mol. The third-order valence-electron chi connectivity index (χ3n) is 2.61. The summed E-state index contributed by atoms with van der Waals surface area (Å²) in [6.45, 7) is 3.80. The van der Waals surface area contributed by atoms with Gasteiger partial charge in [0, 0.05) is 6.54 Å². The van der Waals surface area contributed by atoms with E-state index in [9.17, 15) is 4.79 Å². The molecule has 0 aliphatic carbocycles. The van der Waals surface area contributed by atoms with Crippen LogP contribution in [0.25, 0.3) is 5.57 Å². The second kappa shape index (κ2) is 5.27. The van der Waals surface area contributed by atoms with Gasteiger partial charge in [-0.1, -0.05) is 0 Å². The molecule has 2 heterocycles. The molecule has 2 rings (SSSR count). The molecule has 1 aromatic heterocycles. The third-order valence-corrected chi connectivity index (χ3v) is 3.29. The van der Waals surface area contributed by atoms with Crippen LogP contribution in [-0.2, 0) is 9.53 Å². The van der Waals surface area contributed by atoms with Gasteiger partial charge in [0.05, 0.1) is 12.2 Å². The van der Waals surface area contributed by atoms with Crippen LogP contribution >= 0.6 is 11.3 Å². The SMILES string of the molecule is CCOC(=O)C1=C(c2ccsc2)CCNC1. The van der Waals surface area contributed by atoms with Gasteiger partial charge < -0.3 is 10.1 Å². The van der Waals surface area contributed by atoms with Crippen molar-refractivity contribution < 1.29 is 9.53 Å². The normalized spacial score (nSPS) is 16.3. The van der Waals surface area contributed by atoms with E-state index in [-0.39, 0.29) is 5.97 Å². The molecular weight excluding hydrogens is 222 g/mol. The van der Waals surface area contributed by atoms with Gasteiger partial charge in [0.1, 0.15) is 0 Å². The molecule has 0 bridgehead atoms. The van der Waals surface area contributed by atoms with Crippen LogP contribution in [0.1, 0.15) is 18.9 Å². The van der Waals surface area contributed by atoms with Crippen molar-refractivity contribution in [2.24, 2.45) is 0 Å². The van der Waals surface area contributed by atoms with Crippen molar-refractivity contribution in [2.75, 3.05) is 19.7 Å². The molecule has 0 aromatic carbocycles. The number of ether oxygens (including phenoxy) is 1. The summed E-state index contributed by atoms with van der Waals surface area (Å²) in [6, 6.07) is 2.06. The minimum atomic E-state index is -0.184. The van der Waals surface area contributed by atoms with Gasteiger partial charge in [0.2, 0.25) is 0 Å². The maximum atomic E-state index is 11.8. The van der Waals surface area contributed by atoms with E-state index < -0.39 is 0 Å². The molecule has 0 unspecified atom stereocenters. The summed E-state index contributed by atoms with van der Waals surface area (Å²) in [5.41, 5.74) is 3.08. The van der Waals surface area contributed by atoms with Crippen molar-refractivity contribution in [3.63, 3.8) is 0 Å². The van der Waals surface area contributed by atoms with Gasteiger partial charge in [-0.2, -0.15) is 11.3 Å². The van der Waals surface area contributed by atoms with Crippen LogP contribution in [0.5, 0.6) is 0 Å². The van der Waals surface area contributed by atoms with E-state index in [1.165, 1.54) is 0 Å². The van der Waals surface area contributed by atoms with E-state index in [1.807, 2.05) is 12.3 Å². The van der Waals surface area contributed by atoms with E-state index in [1.54, 1.807) is 11.3 Å². The van der Waals surface area contributed by atoms with Gasteiger partial charge >= 0.3 is 5.97 Å². The van der Waals surface area contributed by atoms with Crippen LogP contribution in [0, 0.1) is 0 Å². The minimum absolute atomic E-state index is 0.184. The Labute approximate surface area is 99.1 Å². The molecule has 1 aromatic rings. The molecule has 3 nitrogen and oxygen atoms in total. The van der Waals surface area contributed by atoms with Crippen LogP contribution in [0.4, 0.5) is 0 Å². The number of carbonyl (C=O) groups is 1. The molecule has 1 N–H and O–H groups in total. The number of hydrogen-bond acceptors (Lipinski definition) is 4. The lowest BCUT2D eigenvalue weighted by atomic mass is 9.96. The minimum Gasteiger partial charge on any atom is -0.463 e. The molecule has 4 heteroatoms. The Morgan fingerprint density at radius 2 is 2.50 bits per heavy atom. The second-order valence-corrected chi connectivity index (χ2v) is 4.40. The number of thiophene rings is 1. The fourth-order valence-electron chi connectivity index (χ4n) is 1.85. The smallest absolute Gasteiger partial charge is 0.335 e. The van der Waals surface area contributed by atoms with Crippen LogP contribution in [0.3, 0.4) is 0 Å². The Bertz CT molecular complexity index is 395. The van der Waals surface area contributed by atoms with Gasteiger partial charge in [-0.05, 0) is 47.9 Å². The zero-order valence-corrected chi connectivity index (χ0v) is 10.1. The van der Waals surface area contributed by atoms with Crippen molar-refractivity contribution >= 4 is 22.9 Å². The highest BCUT2D eigenvalue weighted by Crippen LogP contribution is 2.26. The summed E-state index contributed by atoms with van der Waals surface area (Å²) in [6.07, 6.45) is 0.894. The molecule has 1 aliphatic rings. The first-order valence-corrected chi connectivity index (χ1v) is 6.39. The van der Waals surface area contributed by atoms with Gasteiger partial charge in [-0.3, -0.25) is 0 Å². The quantitative estimate of drug-likeness (QED) is 0.818. The second-order valence-electron chi connectivity index (χ2n) is 3.62. The lowest BCUT2D eigenvalue weighted by Gasteiger charge is -2.19. The molecule has 0 atom stereocenters. The summed E-state index contributed by atoms with van der Waals surface area (Å²) in [4.78, 5) is 11.8. The average molecular weight is 237 g/mol. The predicted octanol–water partition coefficient (Wildman–Crippen LogP) is 2.06. The molecule has 0 saturated heterocycles. The maximum absolute atomic E-state index is 11.8. The monoisotopic (exact) mass is 237 g/mol. The number of esters is 1. The Hall–Kier alpha value is -1.13. The number of rotatable bonds is 3. The van der Waals surface area contributed by atoms with Crippen LogP contribution in [-0.4, -0.2) is 25.7 Å². The summed E-state index contributed by atoms with van der Waals surface area (Å²) in [5, 5.41) is 7.33. The number of carbonyl (C=O) groups excluding carboxylic acids is 1. The molecule has 0 saturated carbocycles. The molecule has 1 aliphatic heterocycles. The fourth-order valence-corrected chi connectivity index (χ4v) is 2.52. The van der Waals surface area contributed by atoms with Crippen molar-refractivity contribution in [3.05, 3.63) is 28.0 Å². The van der Waals surface area contributed by atoms with E-state index in [4.69, 9.17) is 4.74 Å². The number of nitrogens with one attached hydrogen (secondary N) is 1. The van der Waals surface area contributed by atoms with Crippen LogP contribution < -0.4 is 5.32 Å². The largest absolute Gasteiger partial charge is 0.463 e. The molecule has 0 fully saturated rings. The van der Waals surface area contributed by atoms with E-state index in [0.29, 0.717) is 13.2 Å². The Morgan fingerprint density at radius 3 is 3.19 bits per heavy atom. The van der Waals surface area contributed by atoms with Gasteiger partial charge in [0.25, 0.3) is 0 Å². The van der Waals surface area contributed by atoms with Crippen molar-refractivity contribution in [3.8, 4) is 0 Å². The zero-order valence-electron chi connectivity index (χ0n) is 9.29. The Morgan fingerprint density at radius 1 is 1.62 bits per heavy atom. The topological polar surface area (TPSA) is 38.3 Å². The molecule has 0 amide bonds. The van der Waals surface area contributed by atoms with E-state index >= 15 is 0 Å². The highest BCUT2D eigenvalue weighted by molar-refractivity contribution is 7.08. The lowest BCUT2D eigenvalue weighted by molar-refractivity contribution is -0.138. The summed E-state index contributed by atoms with van der Waals surface area (Å²) >= 11 is 1.65. The highest BCUT2D eigenvalue weighted by atomic mass is 32.1. The zero-order chi connectivity index (χ0) is 11.4. The first-order valence-electron chi connectivity index (χ1n) is 5.45. The van der Waals surface area contributed by atoms with Crippen LogP contribution in [0.15, 0.2) is 22.4 Å². The first kappa shape index (κ1) is 11.4. The van der Waals surface area contributed by atoms with E-state index in [2.05, 4.69) is 16.8 Å². The molecule has 86 valence electrons. The summed E-state index contributed by atoms with van der Waals surface area (Å²) in [5.74, 6) is -0.184. The third kappa shape index (κ3) is 2.33. The Balaban J connectivity index is 2.31. The molecule has 0 radical (unpaired) electrons. The van der Waals surface area contributed by atoms with Crippen molar-refractivity contribution in [1.29, 1.82) is 0 Å². The maximum Gasteiger partial charge on any atom is 0.335 e. The van der Waals surface area contributed by atoms with E-state index in [0.717, 1.165) is 29.7 Å². The average Bonchev–Trinajstić information content (AvgIpc) is 2.83.